The Hall–Kier alpha value is -0.980. The molecule has 0 aliphatic carbocycles. The maximum absolute atomic E-state index is 10.8. The van der Waals surface area contributed by atoms with Crippen molar-refractivity contribution in [3.63, 3.8) is 0 Å². The summed E-state index contributed by atoms with van der Waals surface area (Å²) < 4.78 is 4.80. The summed E-state index contributed by atoms with van der Waals surface area (Å²) in [5.41, 5.74) is 0.954. The first kappa shape index (κ1) is 12.1. The Kier molecular flexibility index (Phi) is 4.67. The fourth-order valence-corrected chi connectivity index (χ4v) is 1.80. The lowest BCUT2D eigenvalue weighted by Crippen LogP contribution is -2.39. The number of aliphatic carboxylic acids is 1. The first-order valence-electron chi connectivity index (χ1n) is 4.49. The van der Waals surface area contributed by atoms with Gasteiger partial charge in [-0.05, 0) is 6.92 Å². The fourth-order valence-electron chi connectivity index (χ4n) is 1.08. The van der Waals surface area contributed by atoms with Crippen LogP contribution >= 0.6 is 11.3 Å². The molecular weight excluding hydrogens is 216 g/mol. The second-order valence-electron chi connectivity index (χ2n) is 3.11. The van der Waals surface area contributed by atoms with Gasteiger partial charge in [-0.2, -0.15) is 0 Å². The summed E-state index contributed by atoms with van der Waals surface area (Å²) in [6.45, 7) is 2.52. The molecule has 1 aromatic rings. The van der Waals surface area contributed by atoms with E-state index in [1.165, 1.54) is 18.4 Å². The lowest BCUT2D eigenvalue weighted by molar-refractivity contribution is -0.140. The van der Waals surface area contributed by atoms with Gasteiger partial charge in [0.2, 0.25) is 0 Å². The van der Waals surface area contributed by atoms with E-state index in [4.69, 9.17) is 9.84 Å². The number of ether oxygens (including phenoxy) is 1. The molecule has 1 aromatic heterocycles. The molecule has 0 saturated heterocycles. The largest absolute Gasteiger partial charge is 0.480 e. The molecule has 0 radical (unpaired) electrons. The molecule has 0 aromatic carbocycles. The van der Waals surface area contributed by atoms with Crippen molar-refractivity contribution in [1.82, 2.24) is 10.3 Å². The summed E-state index contributed by atoms with van der Waals surface area (Å²) in [6.07, 6.45) is 0. The zero-order chi connectivity index (χ0) is 11.3. The second kappa shape index (κ2) is 5.79. The molecule has 0 fully saturated rings. The lowest BCUT2D eigenvalue weighted by atomic mass is 10.3. The Labute approximate surface area is 92.1 Å². The third kappa shape index (κ3) is 3.94. The van der Waals surface area contributed by atoms with Gasteiger partial charge < -0.3 is 9.84 Å². The number of carboxylic acid groups (broad SMARTS) is 1. The Balaban J connectivity index is 2.43. The molecule has 0 spiro atoms. The molecule has 0 aliphatic heterocycles. The highest BCUT2D eigenvalue weighted by Crippen LogP contribution is 2.08. The van der Waals surface area contributed by atoms with Crippen molar-refractivity contribution in [2.24, 2.45) is 0 Å². The van der Waals surface area contributed by atoms with Gasteiger partial charge >= 0.3 is 5.97 Å². The second-order valence-corrected chi connectivity index (χ2v) is 4.05. The minimum absolute atomic E-state index is 0.152. The van der Waals surface area contributed by atoms with Gasteiger partial charge in [-0.3, -0.25) is 10.1 Å². The van der Waals surface area contributed by atoms with Gasteiger partial charge in [0.15, 0.2) is 0 Å². The number of rotatable bonds is 6. The summed E-state index contributed by atoms with van der Waals surface area (Å²) in [4.78, 5) is 15.0. The van der Waals surface area contributed by atoms with Crippen LogP contribution < -0.4 is 5.32 Å². The predicted molar refractivity (Wildman–Crippen MR) is 57.0 cm³/mol. The van der Waals surface area contributed by atoms with Gasteiger partial charge in [0.1, 0.15) is 11.0 Å². The minimum Gasteiger partial charge on any atom is -0.480 e. The molecule has 5 nitrogen and oxygen atoms in total. The standard InChI is InChI=1S/C9H14N2O3S/c1-6-5-15-8(11-6)3-10-7(4-14-2)9(12)13/h5,7,10H,3-4H2,1-2H3,(H,12,13). The molecule has 0 bridgehead atoms. The van der Waals surface area contributed by atoms with Crippen LogP contribution in [0.25, 0.3) is 0 Å². The van der Waals surface area contributed by atoms with Crippen molar-refractivity contribution in [3.8, 4) is 0 Å². The van der Waals surface area contributed by atoms with Crippen LogP contribution in [0, 0.1) is 6.92 Å². The minimum atomic E-state index is -0.912. The Bertz CT molecular complexity index is 327. The number of aryl methyl sites for hydroxylation is 1. The van der Waals surface area contributed by atoms with Crippen LogP contribution in [0.2, 0.25) is 0 Å². The predicted octanol–water partition coefficient (Wildman–Crippen LogP) is 0.641. The molecule has 84 valence electrons. The number of nitrogens with one attached hydrogen (secondary N) is 1. The topological polar surface area (TPSA) is 71.5 Å². The van der Waals surface area contributed by atoms with Crippen LogP contribution in [0.5, 0.6) is 0 Å². The average Bonchev–Trinajstić information content (AvgIpc) is 2.58. The first-order chi connectivity index (χ1) is 7.13. The van der Waals surface area contributed by atoms with Gasteiger partial charge in [0, 0.05) is 24.7 Å². The van der Waals surface area contributed by atoms with E-state index in [-0.39, 0.29) is 6.61 Å². The van der Waals surface area contributed by atoms with E-state index in [0.717, 1.165) is 10.7 Å². The van der Waals surface area contributed by atoms with Crippen molar-refractivity contribution < 1.29 is 14.6 Å². The van der Waals surface area contributed by atoms with Gasteiger partial charge in [-0.25, -0.2) is 4.98 Å². The lowest BCUT2D eigenvalue weighted by Gasteiger charge is -2.11. The molecule has 15 heavy (non-hydrogen) atoms. The first-order valence-corrected chi connectivity index (χ1v) is 5.37. The van der Waals surface area contributed by atoms with E-state index >= 15 is 0 Å². The van der Waals surface area contributed by atoms with Crippen molar-refractivity contribution >= 4 is 17.3 Å². The van der Waals surface area contributed by atoms with E-state index < -0.39 is 12.0 Å². The fraction of sp³-hybridized carbons (Fsp3) is 0.556. The third-order valence-electron chi connectivity index (χ3n) is 1.80. The molecule has 0 aliphatic rings. The van der Waals surface area contributed by atoms with Crippen molar-refractivity contribution in [2.75, 3.05) is 13.7 Å². The van der Waals surface area contributed by atoms with Crippen molar-refractivity contribution in [1.29, 1.82) is 0 Å². The van der Waals surface area contributed by atoms with Crippen LogP contribution in [0.4, 0.5) is 0 Å². The highest BCUT2D eigenvalue weighted by Gasteiger charge is 2.16. The zero-order valence-electron chi connectivity index (χ0n) is 8.69. The highest BCUT2D eigenvalue weighted by molar-refractivity contribution is 7.09. The normalized spacial score (nSPS) is 12.7. The quantitative estimate of drug-likeness (QED) is 0.750. The van der Waals surface area contributed by atoms with Crippen molar-refractivity contribution in [3.05, 3.63) is 16.1 Å². The van der Waals surface area contributed by atoms with E-state index in [1.807, 2.05) is 12.3 Å². The van der Waals surface area contributed by atoms with E-state index in [2.05, 4.69) is 10.3 Å². The maximum atomic E-state index is 10.8. The van der Waals surface area contributed by atoms with Crippen LogP contribution in [0.1, 0.15) is 10.7 Å². The molecule has 2 N–H and O–H groups in total. The number of thiazole rings is 1. The molecule has 1 heterocycles. The molecule has 1 rings (SSSR count). The average molecular weight is 230 g/mol. The summed E-state index contributed by atoms with van der Waals surface area (Å²) in [7, 11) is 1.48. The summed E-state index contributed by atoms with van der Waals surface area (Å²) >= 11 is 1.51. The monoisotopic (exact) mass is 230 g/mol. The summed E-state index contributed by atoms with van der Waals surface area (Å²) in [6, 6.07) is -0.681. The summed E-state index contributed by atoms with van der Waals surface area (Å²) in [5, 5.41) is 14.5. The Morgan fingerprint density at radius 1 is 1.80 bits per heavy atom. The smallest absolute Gasteiger partial charge is 0.323 e. The molecule has 0 saturated carbocycles. The van der Waals surface area contributed by atoms with Crippen LogP contribution in [0.15, 0.2) is 5.38 Å². The van der Waals surface area contributed by atoms with Gasteiger partial charge in [0.05, 0.1) is 6.61 Å². The van der Waals surface area contributed by atoms with Gasteiger partial charge in [-0.15, -0.1) is 11.3 Å². The molecule has 0 amide bonds. The number of hydrogen-bond donors (Lipinski definition) is 2. The van der Waals surface area contributed by atoms with Crippen molar-refractivity contribution in [2.45, 2.75) is 19.5 Å². The number of carboxylic acids is 1. The van der Waals surface area contributed by atoms with Gasteiger partial charge in [0.25, 0.3) is 0 Å². The van der Waals surface area contributed by atoms with Crippen LogP contribution in [0.3, 0.4) is 0 Å². The van der Waals surface area contributed by atoms with E-state index in [9.17, 15) is 4.79 Å². The van der Waals surface area contributed by atoms with E-state index in [1.54, 1.807) is 0 Å². The Morgan fingerprint density at radius 2 is 2.53 bits per heavy atom. The zero-order valence-corrected chi connectivity index (χ0v) is 9.50. The van der Waals surface area contributed by atoms with E-state index in [0.29, 0.717) is 6.54 Å². The van der Waals surface area contributed by atoms with Gasteiger partial charge in [-0.1, -0.05) is 0 Å². The molecule has 1 unspecified atom stereocenters. The molecular formula is C9H14N2O3S. The number of aromatic nitrogens is 1. The SMILES string of the molecule is COCC(NCc1nc(C)cs1)C(=O)O. The maximum Gasteiger partial charge on any atom is 0.323 e. The number of hydrogen-bond acceptors (Lipinski definition) is 5. The number of nitrogens with zero attached hydrogens (tertiary/aromatic N) is 1. The number of methoxy groups -OCH3 is 1. The van der Waals surface area contributed by atoms with Crippen LogP contribution in [-0.4, -0.2) is 35.8 Å². The third-order valence-corrected chi connectivity index (χ3v) is 2.76. The molecule has 1 atom stereocenters. The Morgan fingerprint density at radius 3 is 3.00 bits per heavy atom. The summed E-state index contributed by atoms with van der Waals surface area (Å²) in [5.74, 6) is -0.912. The number of carbonyl (C=O) groups is 1. The highest BCUT2D eigenvalue weighted by atomic mass is 32.1. The molecule has 6 heteroatoms. The van der Waals surface area contributed by atoms with Crippen LogP contribution in [-0.2, 0) is 16.1 Å².